The Morgan fingerprint density at radius 2 is 1.86 bits per heavy atom. The SMILES string of the molecule is CCn1c(SCC(=O)Nc2ccc(OC)cc2)nnc1-c1ccc([N+](=O)[O-])cc1. The predicted molar refractivity (Wildman–Crippen MR) is 110 cm³/mol. The fourth-order valence-corrected chi connectivity index (χ4v) is 3.43. The van der Waals surface area contributed by atoms with Gasteiger partial charge in [-0.05, 0) is 43.3 Å². The lowest BCUT2D eigenvalue weighted by Gasteiger charge is -2.08. The molecule has 0 aliphatic rings. The quantitative estimate of drug-likeness (QED) is 0.341. The van der Waals surface area contributed by atoms with Crippen molar-refractivity contribution >= 4 is 29.0 Å². The van der Waals surface area contributed by atoms with Gasteiger partial charge in [-0.1, -0.05) is 11.8 Å². The number of nitrogens with one attached hydrogen (secondary N) is 1. The molecule has 10 heteroatoms. The van der Waals surface area contributed by atoms with Crippen LogP contribution in [0.15, 0.2) is 53.7 Å². The van der Waals surface area contributed by atoms with Crippen LogP contribution < -0.4 is 10.1 Å². The maximum Gasteiger partial charge on any atom is 0.269 e. The number of nitro benzene ring substituents is 1. The summed E-state index contributed by atoms with van der Waals surface area (Å²) in [5.41, 5.74) is 1.42. The van der Waals surface area contributed by atoms with Crippen molar-refractivity contribution < 1.29 is 14.5 Å². The maximum absolute atomic E-state index is 12.2. The van der Waals surface area contributed by atoms with Crippen LogP contribution in [0, 0.1) is 10.1 Å². The molecule has 1 amide bonds. The number of hydrogen-bond acceptors (Lipinski definition) is 7. The number of non-ortho nitro benzene ring substituents is 1. The molecule has 3 rings (SSSR count). The number of carbonyl (C=O) groups excluding carboxylic acids is 1. The van der Waals surface area contributed by atoms with Gasteiger partial charge in [-0.3, -0.25) is 14.9 Å². The summed E-state index contributed by atoms with van der Waals surface area (Å²) >= 11 is 1.27. The third-order valence-electron chi connectivity index (χ3n) is 4.08. The zero-order chi connectivity index (χ0) is 20.8. The van der Waals surface area contributed by atoms with Crippen LogP contribution in [0.3, 0.4) is 0 Å². The van der Waals surface area contributed by atoms with Crippen molar-refractivity contribution in [3.8, 4) is 17.1 Å². The first kappa shape index (κ1) is 20.3. The second-order valence-electron chi connectivity index (χ2n) is 5.92. The molecular weight excluding hydrogens is 394 g/mol. The monoisotopic (exact) mass is 413 g/mol. The molecule has 1 aromatic heterocycles. The molecule has 3 aromatic rings. The summed E-state index contributed by atoms with van der Waals surface area (Å²) in [7, 11) is 1.58. The van der Waals surface area contributed by atoms with Gasteiger partial charge in [0.1, 0.15) is 5.75 Å². The summed E-state index contributed by atoms with van der Waals surface area (Å²) in [5.74, 6) is 1.32. The first-order chi connectivity index (χ1) is 14.0. The lowest BCUT2D eigenvalue weighted by Crippen LogP contribution is -2.14. The van der Waals surface area contributed by atoms with E-state index in [2.05, 4.69) is 15.5 Å². The summed E-state index contributed by atoms with van der Waals surface area (Å²) < 4.78 is 6.96. The molecule has 0 aliphatic carbocycles. The molecule has 2 aromatic carbocycles. The van der Waals surface area contributed by atoms with Crippen molar-refractivity contribution in [1.29, 1.82) is 0 Å². The predicted octanol–water partition coefficient (Wildman–Crippen LogP) is 3.61. The number of nitrogens with zero attached hydrogens (tertiary/aromatic N) is 4. The van der Waals surface area contributed by atoms with Crippen LogP contribution in [-0.4, -0.2) is 38.5 Å². The van der Waals surface area contributed by atoms with Crippen LogP contribution in [0.2, 0.25) is 0 Å². The van der Waals surface area contributed by atoms with Crippen molar-refractivity contribution in [3.63, 3.8) is 0 Å². The number of nitro groups is 1. The Labute approximate surface area is 171 Å². The number of hydrogen-bond donors (Lipinski definition) is 1. The normalized spacial score (nSPS) is 10.6. The molecular formula is C19H19N5O4S. The van der Waals surface area contributed by atoms with Crippen LogP contribution in [0.25, 0.3) is 11.4 Å². The van der Waals surface area contributed by atoms with E-state index in [1.165, 1.54) is 23.9 Å². The topological polar surface area (TPSA) is 112 Å². The van der Waals surface area contributed by atoms with E-state index in [1.807, 2.05) is 11.5 Å². The van der Waals surface area contributed by atoms with E-state index in [-0.39, 0.29) is 17.3 Å². The molecule has 0 aliphatic heterocycles. The second-order valence-corrected chi connectivity index (χ2v) is 6.86. The highest BCUT2D eigenvalue weighted by Gasteiger charge is 2.16. The summed E-state index contributed by atoms with van der Waals surface area (Å²) in [5, 5.41) is 22.6. The van der Waals surface area contributed by atoms with Crippen LogP contribution >= 0.6 is 11.8 Å². The Balaban J connectivity index is 1.66. The number of amides is 1. The Morgan fingerprint density at radius 3 is 2.45 bits per heavy atom. The largest absolute Gasteiger partial charge is 0.497 e. The number of methoxy groups -OCH3 is 1. The van der Waals surface area contributed by atoms with Gasteiger partial charge in [0, 0.05) is 29.9 Å². The molecule has 0 saturated heterocycles. The Bertz CT molecular complexity index is 1000. The highest BCUT2D eigenvalue weighted by Crippen LogP contribution is 2.25. The van der Waals surface area contributed by atoms with Gasteiger partial charge in [-0.15, -0.1) is 10.2 Å². The molecule has 29 heavy (non-hydrogen) atoms. The first-order valence-corrected chi connectivity index (χ1v) is 9.75. The van der Waals surface area contributed by atoms with E-state index in [1.54, 1.807) is 43.5 Å². The number of rotatable bonds is 8. The highest BCUT2D eigenvalue weighted by molar-refractivity contribution is 7.99. The van der Waals surface area contributed by atoms with Crippen LogP contribution in [0.1, 0.15) is 6.92 Å². The minimum atomic E-state index is -0.447. The smallest absolute Gasteiger partial charge is 0.269 e. The molecule has 1 N–H and O–H groups in total. The van der Waals surface area contributed by atoms with Gasteiger partial charge < -0.3 is 14.6 Å². The van der Waals surface area contributed by atoms with Crippen LogP contribution in [-0.2, 0) is 11.3 Å². The summed E-state index contributed by atoms with van der Waals surface area (Å²) in [6.07, 6.45) is 0. The highest BCUT2D eigenvalue weighted by atomic mass is 32.2. The second kappa shape index (κ2) is 9.20. The number of ether oxygens (including phenoxy) is 1. The molecule has 0 radical (unpaired) electrons. The third-order valence-corrected chi connectivity index (χ3v) is 5.04. The molecule has 0 saturated carbocycles. The third kappa shape index (κ3) is 4.91. The molecule has 0 fully saturated rings. The van der Waals surface area contributed by atoms with Gasteiger partial charge in [0.2, 0.25) is 5.91 Å². The molecule has 1 heterocycles. The molecule has 0 bridgehead atoms. The van der Waals surface area contributed by atoms with E-state index in [4.69, 9.17) is 4.74 Å². The van der Waals surface area contributed by atoms with E-state index >= 15 is 0 Å². The van der Waals surface area contributed by atoms with Gasteiger partial charge in [0.05, 0.1) is 17.8 Å². The van der Waals surface area contributed by atoms with Crippen molar-refractivity contribution in [2.75, 3.05) is 18.2 Å². The van der Waals surface area contributed by atoms with Gasteiger partial charge in [0.15, 0.2) is 11.0 Å². The molecule has 150 valence electrons. The molecule has 9 nitrogen and oxygen atoms in total. The zero-order valence-corrected chi connectivity index (χ0v) is 16.7. The van der Waals surface area contributed by atoms with Crippen molar-refractivity contribution in [2.24, 2.45) is 0 Å². The fraction of sp³-hybridized carbons (Fsp3) is 0.211. The van der Waals surface area contributed by atoms with E-state index in [9.17, 15) is 14.9 Å². The number of thioether (sulfide) groups is 1. The number of anilines is 1. The standard InChI is InChI=1S/C19H19N5O4S/c1-3-23-18(13-4-8-15(9-5-13)24(26)27)21-22-19(23)29-12-17(25)20-14-6-10-16(28-2)11-7-14/h4-11H,3,12H2,1-2H3,(H,20,25). The molecule has 0 spiro atoms. The summed E-state index contributed by atoms with van der Waals surface area (Å²) in [6.45, 7) is 2.54. The van der Waals surface area contributed by atoms with E-state index in [0.29, 0.717) is 29.0 Å². The van der Waals surface area contributed by atoms with E-state index in [0.717, 1.165) is 5.56 Å². The average Bonchev–Trinajstić information content (AvgIpc) is 3.15. The lowest BCUT2D eigenvalue weighted by molar-refractivity contribution is -0.384. The Morgan fingerprint density at radius 1 is 1.17 bits per heavy atom. The summed E-state index contributed by atoms with van der Waals surface area (Å²) in [6, 6.07) is 13.2. The number of carbonyl (C=O) groups is 1. The molecule has 0 unspecified atom stereocenters. The van der Waals surface area contributed by atoms with Gasteiger partial charge >= 0.3 is 0 Å². The van der Waals surface area contributed by atoms with Gasteiger partial charge in [-0.25, -0.2) is 0 Å². The van der Waals surface area contributed by atoms with E-state index < -0.39 is 4.92 Å². The van der Waals surface area contributed by atoms with Crippen molar-refractivity contribution in [3.05, 3.63) is 58.6 Å². The van der Waals surface area contributed by atoms with Crippen LogP contribution in [0.5, 0.6) is 5.75 Å². The van der Waals surface area contributed by atoms with Crippen molar-refractivity contribution in [1.82, 2.24) is 14.8 Å². The number of benzene rings is 2. The first-order valence-electron chi connectivity index (χ1n) is 8.76. The summed E-state index contributed by atoms with van der Waals surface area (Å²) in [4.78, 5) is 22.6. The molecule has 0 atom stereocenters. The fourth-order valence-electron chi connectivity index (χ4n) is 2.63. The minimum absolute atomic E-state index is 0.0149. The van der Waals surface area contributed by atoms with Crippen molar-refractivity contribution in [2.45, 2.75) is 18.6 Å². The van der Waals surface area contributed by atoms with Crippen LogP contribution in [0.4, 0.5) is 11.4 Å². The number of aromatic nitrogens is 3. The minimum Gasteiger partial charge on any atom is -0.497 e. The Hall–Kier alpha value is -3.40. The maximum atomic E-state index is 12.2. The average molecular weight is 413 g/mol. The lowest BCUT2D eigenvalue weighted by atomic mass is 10.2. The Kier molecular flexibility index (Phi) is 6.45. The van der Waals surface area contributed by atoms with Gasteiger partial charge in [-0.2, -0.15) is 0 Å². The van der Waals surface area contributed by atoms with Gasteiger partial charge in [0.25, 0.3) is 5.69 Å². The zero-order valence-electron chi connectivity index (χ0n) is 15.9.